The second kappa shape index (κ2) is 6.51. The van der Waals surface area contributed by atoms with Gasteiger partial charge in [0, 0.05) is 7.05 Å². The van der Waals surface area contributed by atoms with Crippen molar-refractivity contribution in [3.8, 4) is 0 Å². The summed E-state index contributed by atoms with van der Waals surface area (Å²) in [6, 6.07) is 7.88. The van der Waals surface area contributed by atoms with Crippen LogP contribution in [0.2, 0.25) is 10.3 Å². The Labute approximate surface area is 130 Å². The number of hydrogen-bond donors (Lipinski definition) is 2. The first-order chi connectivity index (χ1) is 10.0. The first-order valence-corrected chi connectivity index (χ1v) is 6.59. The number of nitrogens with one attached hydrogen (secondary N) is 2. The number of rotatable bonds is 3. The van der Waals surface area contributed by atoms with Crippen molar-refractivity contribution in [2.75, 3.05) is 12.4 Å². The molecule has 0 aliphatic heterocycles. The lowest BCUT2D eigenvalue weighted by molar-refractivity contribution is 0.0964. The number of halogens is 2. The van der Waals surface area contributed by atoms with E-state index in [0.717, 1.165) is 0 Å². The Morgan fingerprint density at radius 2 is 1.76 bits per heavy atom. The van der Waals surface area contributed by atoms with E-state index in [9.17, 15) is 9.59 Å². The van der Waals surface area contributed by atoms with Crippen molar-refractivity contribution < 1.29 is 9.59 Å². The first kappa shape index (κ1) is 15.2. The minimum absolute atomic E-state index is 0.0455. The maximum absolute atomic E-state index is 12.2. The van der Waals surface area contributed by atoms with Crippen LogP contribution in [0.15, 0.2) is 30.3 Å². The van der Waals surface area contributed by atoms with Crippen LogP contribution in [-0.4, -0.2) is 29.1 Å². The van der Waals surface area contributed by atoms with Gasteiger partial charge in [0.25, 0.3) is 11.8 Å². The first-order valence-electron chi connectivity index (χ1n) is 5.84. The smallest absolute Gasteiger partial charge is 0.258 e. The van der Waals surface area contributed by atoms with Gasteiger partial charge in [-0.2, -0.15) is 0 Å². The highest BCUT2D eigenvalue weighted by molar-refractivity contribution is 6.34. The Hall–Kier alpha value is -2.18. The van der Waals surface area contributed by atoms with Crippen LogP contribution in [0.1, 0.15) is 20.7 Å². The van der Waals surface area contributed by atoms with Gasteiger partial charge in [0.2, 0.25) is 0 Å². The average Bonchev–Trinajstić information content (AvgIpc) is 2.49. The maximum Gasteiger partial charge on any atom is 0.258 e. The molecule has 1 aromatic carbocycles. The molecule has 0 unspecified atom stereocenters. The van der Waals surface area contributed by atoms with Gasteiger partial charge in [0.15, 0.2) is 10.3 Å². The normalized spacial score (nSPS) is 10.0. The molecule has 21 heavy (non-hydrogen) atoms. The predicted octanol–water partition coefficient (Wildman–Crippen LogP) is 2.40. The SMILES string of the molecule is CNC(=O)c1ccccc1NC(=O)c1cc(Cl)nnc1Cl. The summed E-state index contributed by atoms with van der Waals surface area (Å²) in [5.74, 6) is -0.851. The molecule has 2 N–H and O–H groups in total. The number of anilines is 1. The third kappa shape index (κ3) is 3.48. The fourth-order valence-electron chi connectivity index (χ4n) is 1.63. The van der Waals surface area contributed by atoms with E-state index in [1.807, 2.05) is 0 Å². The van der Waals surface area contributed by atoms with Crippen LogP contribution >= 0.6 is 23.2 Å². The zero-order valence-electron chi connectivity index (χ0n) is 10.9. The minimum atomic E-state index is -0.534. The molecule has 108 valence electrons. The molecule has 0 saturated carbocycles. The van der Waals surface area contributed by atoms with Crippen LogP contribution in [0.25, 0.3) is 0 Å². The number of aromatic nitrogens is 2. The van der Waals surface area contributed by atoms with E-state index in [4.69, 9.17) is 23.2 Å². The van der Waals surface area contributed by atoms with Crippen molar-refractivity contribution in [3.05, 3.63) is 51.8 Å². The largest absolute Gasteiger partial charge is 0.355 e. The molecule has 0 fully saturated rings. The Morgan fingerprint density at radius 1 is 1.05 bits per heavy atom. The van der Waals surface area contributed by atoms with E-state index in [1.165, 1.54) is 13.1 Å². The highest BCUT2D eigenvalue weighted by Gasteiger charge is 2.16. The summed E-state index contributed by atoms with van der Waals surface area (Å²) in [5, 5.41) is 12.2. The molecule has 2 amide bonds. The molecule has 0 aliphatic carbocycles. The summed E-state index contributed by atoms with van der Waals surface area (Å²) in [6.07, 6.45) is 0. The molecular weight excluding hydrogens is 315 g/mol. The number of amides is 2. The monoisotopic (exact) mass is 324 g/mol. The topological polar surface area (TPSA) is 84.0 Å². The van der Waals surface area contributed by atoms with Gasteiger partial charge in [-0.15, -0.1) is 10.2 Å². The molecule has 2 rings (SSSR count). The highest BCUT2D eigenvalue weighted by atomic mass is 35.5. The van der Waals surface area contributed by atoms with Crippen molar-refractivity contribution in [2.24, 2.45) is 0 Å². The Balaban J connectivity index is 2.32. The molecule has 0 bridgehead atoms. The number of hydrogen-bond acceptors (Lipinski definition) is 4. The van der Waals surface area contributed by atoms with E-state index >= 15 is 0 Å². The summed E-state index contributed by atoms with van der Waals surface area (Å²) in [4.78, 5) is 23.9. The molecule has 0 saturated heterocycles. The lowest BCUT2D eigenvalue weighted by Crippen LogP contribution is -2.21. The highest BCUT2D eigenvalue weighted by Crippen LogP contribution is 2.20. The van der Waals surface area contributed by atoms with Crippen molar-refractivity contribution in [3.63, 3.8) is 0 Å². The summed E-state index contributed by atoms with van der Waals surface area (Å²) >= 11 is 11.5. The standard InChI is InChI=1S/C13H10Cl2N4O2/c1-16-12(20)7-4-2-3-5-9(7)17-13(21)8-6-10(14)18-19-11(8)15/h2-6H,1H3,(H,16,20)(H,17,21). The minimum Gasteiger partial charge on any atom is -0.355 e. The average molecular weight is 325 g/mol. The quantitative estimate of drug-likeness (QED) is 0.907. The van der Waals surface area contributed by atoms with Gasteiger partial charge in [-0.05, 0) is 18.2 Å². The van der Waals surface area contributed by atoms with Crippen molar-refractivity contribution in [1.29, 1.82) is 0 Å². The molecule has 0 spiro atoms. The van der Waals surface area contributed by atoms with Gasteiger partial charge in [0.1, 0.15) is 0 Å². The fourth-order valence-corrected chi connectivity index (χ4v) is 1.95. The zero-order valence-corrected chi connectivity index (χ0v) is 12.4. The lowest BCUT2D eigenvalue weighted by Gasteiger charge is -2.10. The number of benzene rings is 1. The van der Waals surface area contributed by atoms with Crippen molar-refractivity contribution in [2.45, 2.75) is 0 Å². The van der Waals surface area contributed by atoms with Crippen LogP contribution in [0.4, 0.5) is 5.69 Å². The van der Waals surface area contributed by atoms with Gasteiger partial charge < -0.3 is 10.6 Å². The third-order valence-corrected chi connectivity index (χ3v) is 3.07. The molecule has 1 aromatic heterocycles. The number of para-hydroxylation sites is 1. The molecule has 6 nitrogen and oxygen atoms in total. The Kier molecular flexibility index (Phi) is 4.72. The number of carbonyl (C=O) groups is 2. The van der Waals surface area contributed by atoms with Gasteiger partial charge in [-0.3, -0.25) is 9.59 Å². The molecule has 0 atom stereocenters. The van der Waals surface area contributed by atoms with Gasteiger partial charge in [-0.25, -0.2) is 0 Å². The van der Waals surface area contributed by atoms with Crippen LogP contribution in [0.3, 0.4) is 0 Å². The molecule has 8 heteroatoms. The van der Waals surface area contributed by atoms with E-state index < -0.39 is 5.91 Å². The third-order valence-electron chi connectivity index (χ3n) is 2.61. The van der Waals surface area contributed by atoms with Crippen molar-refractivity contribution >= 4 is 40.7 Å². The summed E-state index contributed by atoms with van der Waals surface area (Å²) in [5.41, 5.74) is 0.756. The van der Waals surface area contributed by atoms with E-state index in [1.54, 1.807) is 24.3 Å². The summed E-state index contributed by atoms with van der Waals surface area (Å²) in [6.45, 7) is 0. The van der Waals surface area contributed by atoms with Crippen LogP contribution < -0.4 is 10.6 Å². The molecule has 0 aliphatic rings. The fraction of sp³-hybridized carbons (Fsp3) is 0.0769. The van der Waals surface area contributed by atoms with Crippen LogP contribution in [-0.2, 0) is 0 Å². The molecular formula is C13H10Cl2N4O2. The van der Waals surface area contributed by atoms with Crippen LogP contribution in [0, 0.1) is 0 Å². The second-order valence-electron chi connectivity index (χ2n) is 3.95. The van der Waals surface area contributed by atoms with Crippen LogP contribution in [0.5, 0.6) is 0 Å². The van der Waals surface area contributed by atoms with Crippen molar-refractivity contribution in [1.82, 2.24) is 15.5 Å². The van der Waals surface area contributed by atoms with E-state index in [2.05, 4.69) is 20.8 Å². The number of carbonyl (C=O) groups excluding carboxylic acids is 2. The van der Waals surface area contributed by atoms with Gasteiger partial charge in [0.05, 0.1) is 16.8 Å². The second-order valence-corrected chi connectivity index (χ2v) is 4.70. The van der Waals surface area contributed by atoms with Gasteiger partial charge in [-0.1, -0.05) is 35.3 Å². The summed E-state index contributed by atoms with van der Waals surface area (Å²) < 4.78 is 0. The lowest BCUT2D eigenvalue weighted by atomic mass is 10.1. The number of nitrogens with zero attached hydrogens (tertiary/aromatic N) is 2. The Morgan fingerprint density at radius 3 is 2.48 bits per heavy atom. The predicted molar refractivity (Wildman–Crippen MR) is 79.8 cm³/mol. The van der Waals surface area contributed by atoms with E-state index in [0.29, 0.717) is 11.3 Å². The van der Waals surface area contributed by atoms with Gasteiger partial charge >= 0.3 is 0 Å². The molecule has 0 radical (unpaired) electrons. The zero-order chi connectivity index (χ0) is 15.4. The van der Waals surface area contributed by atoms with E-state index in [-0.39, 0.29) is 21.8 Å². The Bertz CT molecular complexity index is 706. The maximum atomic E-state index is 12.2. The summed E-state index contributed by atoms with van der Waals surface area (Å²) in [7, 11) is 1.50. The molecule has 2 aromatic rings. The molecule has 1 heterocycles.